The summed E-state index contributed by atoms with van der Waals surface area (Å²) in [6.45, 7) is 3.25. The number of aryl methyl sites for hydroxylation is 1. The molecular formula is C16H22N2O3. The maximum Gasteiger partial charge on any atom is 0.314 e. The summed E-state index contributed by atoms with van der Waals surface area (Å²) in [7, 11) is 1.54. The SMILES string of the molecule is COc1ccc(C)cc1NC(=O)C(=O)N1CCCCCC1. The van der Waals surface area contributed by atoms with Gasteiger partial charge in [-0.1, -0.05) is 18.9 Å². The number of benzene rings is 1. The molecule has 1 aliphatic rings. The van der Waals surface area contributed by atoms with E-state index in [1.54, 1.807) is 17.0 Å². The van der Waals surface area contributed by atoms with Crippen LogP contribution in [0.25, 0.3) is 0 Å². The standard InChI is InChI=1S/C16H22N2O3/c1-12-7-8-14(21-2)13(11-12)17-15(19)16(20)18-9-5-3-4-6-10-18/h7-8,11H,3-6,9-10H2,1-2H3,(H,17,19). The Morgan fingerprint density at radius 3 is 2.43 bits per heavy atom. The Morgan fingerprint density at radius 1 is 1.14 bits per heavy atom. The molecule has 21 heavy (non-hydrogen) atoms. The first-order chi connectivity index (χ1) is 10.1. The van der Waals surface area contributed by atoms with Gasteiger partial charge in [0.2, 0.25) is 0 Å². The molecule has 1 N–H and O–H groups in total. The number of likely N-dealkylation sites (tertiary alicyclic amines) is 1. The van der Waals surface area contributed by atoms with Gasteiger partial charge in [-0.2, -0.15) is 0 Å². The van der Waals surface area contributed by atoms with Gasteiger partial charge in [0.1, 0.15) is 5.75 Å². The van der Waals surface area contributed by atoms with E-state index >= 15 is 0 Å². The monoisotopic (exact) mass is 290 g/mol. The van der Waals surface area contributed by atoms with Crippen molar-refractivity contribution in [2.24, 2.45) is 0 Å². The van der Waals surface area contributed by atoms with E-state index in [0.29, 0.717) is 24.5 Å². The third-order valence-corrected chi connectivity index (χ3v) is 3.69. The fourth-order valence-corrected chi connectivity index (χ4v) is 2.51. The lowest BCUT2D eigenvalue weighted by Crippen LogP contribution is -2.40. The molecule has 1 heterocycles. The zero-order chi connectivity index (χ0) is 15.2. The number of hydrogen-bond donors (Lipinski definition) is 1. The van der Waals surface area contributed by atoms with Gasteiger partial charge in [-0.25, -0.2) is 0 Å². The van der Waals surface area contributed by atoms with Gasteiger partial charge in [0.05, 0.1) is 12.8 Å². The van der Waals surface area contributed by atoms with Gasteiger partial charge >= 0.3 is 11.8 Å². The number of nitrogens with one attached hydrogen (secondary N) is 1. The highest BCUT2D eigenvalue weighted by Crippen LogP contribution is 2.25. The molecule has 0 aromatic heterocycles. The van der Waals surface area contributed by atoms with Crippen LogP contribution in [-0.4, -0.2) is 36.9 Å². The van der Waals surface area contributed by atoms with Gasteiger partial charge in [-0.15, -0.1) is 0 Å². The van der Waals surface area contributed by atoms with Crippen molar-refractivity contribution in [3.8, 4) is 5.75 Å². The van der Waals surface area contributed by atoms with E-state index in [-0.39, 0.29) is 0 Å². The molecule has 1 fully saturated rings. The van der Waals surface area contributed by atoms with E-state index in [0.717, 1.165) is 31.2 Å². The summed E-state index contributed by atoms with van der Waals surface area (Å²) in [5.41, 5.74) is 1.53. The number of anilines is 1. The van der Waals surface area contributed by atoms with E-state index in [4.69, 9.17) is 4.74 Å². The molecule has 114 valence electrons. The molecule has 0 bridgehead atoms. The minimum absolute atomic E-state index is 0.458. The molecule has 2 amide bonds. The number of amides is 2. The Morgan fingerprint density at radius 2 is 1.81 bits per heavy atom. The Balaban J connectivity index is 2.06. The zero-order valence-electron chi connectivity index (χ0n) is 12.6. The van der Waals surface area contributed by atoms with Crippen molar-refractivity contribution in [1.82, 2.24) is 4.90 Å². The first-order valence-electron chi connectivity index (χ1n) is 7.36. The van der Waals surface area contributed by atoms with Crippen molar-refractivity contribution in [3.63, 3.8) is 0 Å². The average molecular weight is 290 g/mol. The van der Waals surface area contributed by atoms with Gasteiger partial charge < -0.3 is 15.0 Å². The third-order valence-electron chi connectivity index (χ3n) is 3.69. The summed E-state index contributed by atoms with van der Waals surface area (Å²) in [5.74, 6) is -0.501. The summed E-state index contributed by atoms with van der Waals surface area (Å²) in [5, 5.41) is 2.66. The number of ether oxygens (including phenoxy) is 1. The van der Waals surface area contributed by atoms with Crippen molar-refractivity contribution in [3.05, 3.63) is 23.8 Å². The maximum atomic E-state index is 12.2. The van der Waals surface area contributed by atoms with Crippen LogP contribution in [-0.2, 0) is 9.59 Å². The molecule has 1 aromatic carbocycles. The molecular weight excluding hydrogens is 268 g/mol. The molecule has 5 heteroatoms. The summed E-state index contributed by atoms with van der Waals surface area (Å²) in [4.78, 5) is 26.0. The average Bonchev–Trinajstić information content (AvgIpc) is 2.75. The molecule has 2 rings (SSSR count). The lowest BCUT2D eigenvalue weighted by atomic mass is 10.2. The molecule has 0 aliphatic carbocycles. The van der Waals surface area contributed by atoms with Gasteiger partial charge in [0.15, 0.2) is 0 Å². The highest BCUT2D eigenvalue weighted by molar-refractivity contribution is 6.39. The van der Waals surface area contributed by atoms with Crippen molar-refractivity contribution in [2.45, 2.75) is 32.6 Å². The third kappa shape index (κ3) is 3.97. The van der Waals surface area contributed by atoms with E-state index in [9.17, 15) is 9.59 Å². The van der Waals surface area contributed by atoms with Crippen LogP contribution in [0.3, 0.4) is 0 Å². The lowest BCUT2D eigenvalue weighted by molar-refractivity contribution is -0.143. The topological polar surface area (TPSA) is 58.6 Å². The van der Waals surface area contributed by atoms with Crippen LogP contribution in [0.2, 0.25) is 0 Å². The van der Waals surface area contributed by atoms with E-state index in [2.05, 4.69) is 5.32 Å². The number of hydrogen-bond acceptors (Lipinski definition) is 3. The number of rotatable bonds is 2. The molecule has 0 saturated carbocycles. The van der Waals surface area contributed by atoms with Gasteiger partial charge in [-0.3, -0.25) is 9.59 Å². The first kappa shape index (κ1) is 15.4. The molecule has 0 radical (unpaired) electrons. The molecule has 5 nitrogen and oxygen atoms in total. The molecule has 1 saturated heterocycles. The Bertz CT molecular complexity index is 520. The van der Waals surface area contributed by atoms with Crippen LogP contribution in [0.15, 0.2) is 18.2 Å². The van der Waals surface area contributed by atoms with E-state index in [1.807, 2.05) is 13.0 Å². The highest BCUT2D eigenvalue weighted by atomic mass is 16.5. The van der Waals surface area contributed by atoms with Crippen molar-refractivity contribution >= 4 is 17.5 Å². The van der Waals surface area contributed by atoms with E-state index in [1.165, 1.54) is 7.11 Å². The maximum absolute atomic E-state index is 12.2. The molecule has 0 unspecified atom stereocenters. The second-order valence-corrected chi connectivity index (χ2v) is 5.36. The second kappa shape index (κ2) is 7.11. The summed E-state index contributed by atoms with van der Waals surface area (Å²) in [6.07, 6.45) is 4.17. The fraction of sp³-hybridized carbons (Fsp3) is 0.500. The van der Waals surface area contributed by atoms with Crippen LogP contribution >= 0.6 is 0 Å². The van der Waals surface area contributed by atoms with Crippen molar-refractivity contribution < 1.29 is 14.3 Å². The number of carbonyl (C=O) groups is 2. The fourth-order valence-electron chi connectivity index (χ4n) is 2.51. The first-order valence-corrected chi connectivity index (χ1v) is 7.36. The lowest BCUT2D eigenvalue weighted by Gasteiger charge is -2.20. The van der Waals surface area contributed by atoms with Crippen LogP contribution in [0.5, 0.6) is 5.75 Å². The summed E-state index contributed by atoms with van der Waals surface area (Å²) >= 11 is 0. The van der Waals surface area contributed by atoms with Crippen LogP contribution in [0.4, 0.5) is 5.69 Å². The highest BCUT2D eigenvalue weighted by Gasteiger charge is 2.23. The van der Waals surface area contributed by atoms with Gasteiger partial charge in [0, 0.05) is 13.1 Å². The van der Waals surface area contributed by atoms with Crippen LogP contribution in [0.1, 0.15) is 31.2 Å². The summed E-state index contributed by atoms with van der Waals surface area (Å²) in [6, 6.07) is 5.47. The molecule has 1 aliphatic heterocycles. The second-order valence-electron chi connectivity index (χ2n) is 5.36. The van der Waals surface area contributed by atoms with Crippen LogP contribution in [0, 0.1) is 6.92 Å². The minimum atomic E-state index is -0.596. The van der Waals surface area contributed by atoms with Gasteiger partial charge in [0.25, 0.3) is 0 Å². The Kier molecular flexibility index (Phi) is 5.20. The zero-order valence-corrected chi connectivity index (χ0v) is 12.6. The Labute approximate surface area is 125 Å². The minimum Gasteiger partial charge on any atom is -0.495 e. The number of carbonyl (C=O) groups excluding carboxylic acids is 2. The van der Waals surface area contributed by atoms with Crippen molar-refractivity contribution in [1.29, 1.82) is 0 Å². The Hall–Kier alpha value is -2.04. The molecule has 0 spiro atoms. The van der Waals surface area contributed by atoms with E-state index < -0.39 is 11.8 Å². The van der Waals surface area contributed by atoms with Crippen molar-refractivity contribution in [2.75, 3.05) is 25.5 Å². The predicted molar refractivity (Wildman–Crippen MR) is 81.4 cm³/mol. The quantitative estimate of drug-likeness (QED) is 0.851. The van der Waals surface area contributed by atoms with Gasteiger partial charge in [-0.05, 0) is 37.5 Å². The molecule has 1 aromatic rings. The van der Waals surface area contributed by atoms with Crippen LogP contribution < -0.4 is 10.1 Å². The normalized spacial score (nSPS) is 15.2. The smallest absolute Gasteiger partial charge is 0.314 e. The number of nitrogens with zero attached hydrogens (tertiary/aromatic N) is 1. The number of methoxy groups -OCH3 is 1. The largest absolute Gasteiger partial charge is 0.495 e. The summed E-state index contributed by atoms with van der Waals surface area (Å²) < 4.78 is 5.21. The predicted octanol–water partition coefficient (Wildman–Crippen LogP) is 2.34. The molecule has 0 atom stereocenters.